The molecule has 0 radical (unpaired) electrons. The molecular weight excluding hydrogens is 410 g/mol. The van der Waals surface area contributed by atoms with Crippen molar-refractivity contribution in [3.8, 4) is 5.75 Å². The van der Waals surface area contributed by atoms with Crippen LogP contribution in [0, 0.1) is 13.8 Å². The van der Waals surface area contributed by atoms with E-state index in [0.29, 0.717) is 19.6 Å². The van der Waals surface area contributed by atoms with E-state index in [-0.39, 0.29) is 11.8 Å². The van der Waals surface area contributed by atoms with Gasteiger partial charge in [-0.25, -0.2) is 4.98 Å². The van der Waals surface area contributed by atoms with Gasteiger partial charge >= 0.3 is 0 Å². The minimum atomic E-state index is 0.0711. The van der Waals surface area contributed by atoms with Crippen LogP contribution in [0.15, 0.2) is 72.8 Å². The Morgan fingerprint density at radius 3 is 2.48 bits per heavy atom. The number of rotatable bonds is 7. The molecule has 0 spiro atoms. The molecule has 3 aromatic carbocycles. The van der Waals surface area contributed by atoms with E-state index in [2.05, 4.69) is 42.7 Å². The van der Waals surface area contributed by atoms with Crippen LogP contribution in [0.3, 0.4) is 0 Å². The van der Waals surface area contributed by atoms with Crippen LogP contribution in [-0.4, -0.2) is 28.6 Å². The summed E-state index contributed by atoms with van der Waals surface area (Å²) in [5.74, 6) is 2.16. The number of fused-ring (bicyclic) bond motifs is 1. The number of imidazole rings is 1. The molecule has 1 atom stereocenters. The third kappa shape index (κ3) is 4.23. The summed E-state index contributed by atoms with van der Waals surface area (Å²) in [6.45, 7) is 6.22. The molecule has 1 saturated heterocycles. The van der Waals surface area contributed by atoms with Gasteiger partial charge in [-0.15, -0.1) is 0 Å². The summed E-state index contributed by atoms with van der Waals surface area (Å²) in [4.78, 5) is 19.9. The number of hydrogen-bond donors (Lipinski definition) is 0. The lowest BCUT2D eigenvalue weighted by Crippen LogP contribution is -2.25. The zero-order valence-electron chi connectivity index (χ0n) is 19.2. The number of para-hydroxylation sites is 4. The van der Waals surface area contributed by atoms with E-state index in [4.69, 9.17) is 9.72 Å². The van der Waals surface area contributed by atoms with Crippen molar-refractivity contribution in [2.75, 3.05) is 18.1 Å². The Kier molecular flexibility index (Phi) is 5.86. The first-order chi connectivity index (χ1) is 16.1. The third-order valence-electron chi connectivity index (χ3n) is 6.46. The third-order valence-corrected chi connectivity index (χ3v) is 6.46. The summed E-state index contributed by atoms with van der Waals surface area (Å²) >= 11 is 0. The van der Waals surface area contributed by atoms with Crippen LogP contribution in [0.4, 0.5) is 5.69 Å². The van der Waals surface area contributed by atoms with Crippen molar-refractivity contribution in [2.45, 2.75) is 39.2 Å². The minimum Gasteiger partial charge on any atom is -0.493 e. The van der Waals surface area contributed by atoms with Crippen molar-refractivity contribution >= 4 is 22.6 Å². The fourth-order valence-electron chi connectivity index (χ4n) is 4.74. The first kappa shape index (κ1) is 21.3. The molecule has 2 heterocycles. The van der Waals surface area contributed by atoms with Crippen LogP contribution >= 0.6 is 0 Å². The van der Waals surface area contributed by atoms with E-state index in [1.54, 1.807) is 0 Å². The van der Waals surface area contributed by atoms with Gasteiger partial charge in [0.1, 0.15) is 11.6 Å². The van der Waals surface area contributed by atoms with Gasteiger partial charge in [0.15, 0.2) is 0 Å². The van der Waals surface area contributed by atoms with Gasteiger partial charge in [-0.3, -0.25) is 4.79 Å². The maximum atomic E-state index is 13.0. The number of carbonyl (C=O) groups is 1. The molecule has 5 heteroatoms. The van der Waals surface area contributed by atoms with Crippen LogP contribution in [0.1, 0.15) is 35.7 Å². The molecule has 1 unspecified atom stereocenters. The van der Waals surface area contributed by atoms with Gasteiger partial charge in [-0.1, -0.05) is 48.5 Å². The number of amides is 1. The second-order valence-electron chi connectivity index (χ2n) is 8.77. The molecule has 0 aliphatic carbocycles. The molecule has 4 aromatic rings. The quantitative estimate of drug-likeness (QED) is 0.350. The lowest BCUT2D eigenvalue weighted by Gasteiger charge is -2.19. The summed E-state index contributed by atoms with van der Waals surface area (Å²) in [5, 5.41) is 0. The first-order valence-electron chi connectivity index (χ1n) is 11.6. The highest BCUT2D eigenvalue weighted by Crippen LogP contribution is 2.34. The topological polar surface area (TPSA) is 47.4 Å². The molecule has 1 aliphatic rings. The Hall–Kier alpha value is -3.60. The molecule has 33 heavy (non-hydrogen) atoms. The number of aryl methyl sites for hydroxylation is 3. The van der Waals surface area contributed by atoms with E-state index < -0.39 is 0 Å². The van der Waals surface area contributed by atoms with Gasteiger partial charge in [0.2, 0.25) is 5.91 Å². The number of aromatic nitrogens is 2. The highest BCUT2D eigenvalue weighted by atomic mass is 16.5. The van der Waals surface area contributed by atoms with Crippen molar-refractivity contribution < 1.29 is 9.53 Å². The zero-order chi connectivity index (χ0) is 22.8. The Bertz CT molecular complexity index is 1290. The van der Waals surface area contributed by atoms with Crippen LogP contribution in [0.2, 0.25) is 0 Å². The summed E-state index contributed by atoms with van der Waals surface area (Å²) < 4.78 is 8.31. The zero-order valence-corrected chi connectivity index (χ0v) is 19.2. The predicted molar refractivity (Wildman–Crippen MR) is 132 cm³/mol. The van der Waals surface area contributed by atoms with Gasteiger partial charge in [0.25, 0.3) is 0 Å². The Balaban J connectivity index is 1.36. The second-order valence-corrected chi connectivity index (χ2v) is 8.77. The van der Waals surface area contributed by atoms with Crippen molar-refractivity contribution in [1.29, 1.82) is 0 Å². The largest absolute Gasteiger partial charge is 0.493 e. The van der Waals surface area contributed by atoms with Gasteiger partial charge in [-0.05, 0) is 55.7 Å². The molecular formula is C28H29N3O2. The van der Waals surface area contributed by atoms with E-state index >= 15 is 0 Å². The maximum absolute atomic E-state index is 13.0. The summed E-state index contributed by atoms with van der Waals surface area (Å²) in [7, 11) is 0. The standard InChI is InChI=1S/C28H29N3O2/c1-20-10-3-6-13-24(20)31-19-22(18-27(31)32)28-29-23-12-5-7-14-25(23)30(28)16-9-17-33-26-15-8-4-11-21(26)2/h3-8,10-15,22H,9,16-19H2,1-2H3. The molecule has 0 saturated carbocycles. The monoisotopic (exact) mass is 439 g/mol. The van der Waals surface area contributed by atoms with E-state index in [1.165, 1.54) is 0 Å². The Labute approximate surface area is 194 Å². The fraction of sp³-hybridized carbons (Fsp3) is 0.286. The second kappa shape index (κ2) is 9.10. The van der Waals surface area contributed by atoms with Gasteiger partial charge in [0.05, 0.1) is 17.6 Å². The first-order valence-corrected chi connectivity index (χ1v) is 11.6. The molecule has 5 rings (SSSR count). The number of hydrogen-bond acceptors (Lipinski definition) is 3. The van der Waals surface area contributed by atoms with E-state index in [0.717, 1.165) is 52.4 Å². The molecule has 0 bridgehead atoms. The number of nitrogens with zero attached hydrogens (tertiary/aromatic N) is 3. The summed E-state index contributed by atoms with van der Waals surface area (Å²) in [6.07, 6.45) is 1.35. The van der Waals surface area contributed by atoms with Crippen LogP contribution < -0.4 is 9.64 Å². The number of ether oxygens (including phenoxy) is 1. The van der Waals surface area contributed by atoms with Crippen molar-refractivity contribution in [3.05, 3.63) is 89.7 Å². The average Bonchev–Trinajstić information content (AvgIpc) is 3.38. The lowest BCUT2D eigenvalue weighted by atomic mass is 10.1. The van der Waals surface area contributed by atoms with E-state index in [1.807, 2.05) is 53.4 Å². The van der Waals surface area contributed by atoms with Crippen LogP contribution in [0.25, 0.3) is 11.0 Å². The summed E-state index contributed by atoms with van der Waals surface area (Å²) in [6, 6.07) is 24.4. The lowest BCUT2D eigenvalue weighted by molar-refractivity contribution is -0.117. The predicted octanol–water partition coefficient (Wildman–Crippen LogP) is 5.64. The highest BCUT2D eigenvalue weighted by Gasteiger charge is 2.35. The van der Waals surface area contributed by atoms with Crippen molar-refractivity contribution in [3.63, 3.8) is 0 Å². The molecule has 1 amide bonds. The minimum absolute atomic E-state index is 0.0711. The fourth-order valence-corrected chi connectivity index (χ4v) is 4.74. The maximum Gasteiger partial charge on any atom is 0.227 e. The number of carbonyl (C=O) groups excluding carboxylic acids is 1. The molecule has 168 valence electrons. The number of benzene rings is 3. The Morgan fingerprint density at radius 1 is 0.939 bits per heavy atom. The SMILES string of the molecule is Cc1ccccc1OCCCn1c(C2CC(=O)N(c3ccccc3C)C2)nc2ccccc21. The molecule has 0 N–H and O–H groups in total. The smallest absolute Gasteiger partial charge is 0.227 e. The molecule has 5 nitrogen and oxygen atoms in total. The highest BCUT2D eigenvalue weighted by molar-refractivity contribution is 5.97. The van der Waals surface area contributed by atoms with Crippen LogP contribution in [-0.2, 0) is 11.3 Å². The summed E-state index contributed by atoms with van der Waals surface area (Å²) in [5.41, 5.74) is 5.36. The van der Waals surface area contributed by atoms with Gasteiger partial charge < -0.3 is 14.2 Å². The molecule has 1 aliphatic heterocycles. The molecule has 1 aromatic heterocycles. The average molecular weight is 440 g/mol. The van der Waals surface area contributed by atoms with Gasteiger partial charge in [-0.2, -0.15) is 0 Å². The van der Waals surface area contributed by atoms with Crippen molar-refractivity contribution in [1.82, 2.24) is 9.55 Å². The van der Waals surface area contributed by atoms with E-state index in [9.17, 15) is 4.79 Å². The van der Waals surface area contributed by atoms with Gasteiger partial charge in [0, 0.05) is 31.1 Å². The van der Waals surface area contributed by atoms with Crippen LogP contribution in [0.5, 0.6) is 5.75 Å². The normalized spacial score (nSPS) is 16.0. The van der Waals surface area contributed by atoms with Crippen molar-refractivity contribution in [2.24, 2.45) is 0 Å². The molecule has 1 fully saturated rings. The Morgan fingerprint density at radius 2 is 1.67 bits per heavy atom. The number of anilines is 1.